The Kier molecular flexibility index (Phi) is 9.90. The molecular formula is C29H33F4N9O5. The number of nitrogens with one attached hydrogen (secondary N) is 2. The third-order valence-electron chi connectivity index (χ3n) is 7.78. The standard InChI is InChI=1S/C29H33F4N9O5/c1-17-16-47-9-8-41(17)26-22-10-19(14-39-4-6-40(7-5-39)24(43)13-35-27(44)18(2)30)15-42(22)38-25(37-26)20-12-34-23(36-28(45)46-3)11-21(20)29(31,32)33/h10-12,15,17H,2,4-9,13-14,16H2,1,3H3,(H,35,44)(H,34,36,45)/t17-/m0/s1. The van der Waals surface area contributed by atoms with Gasteiger partial charge in [-0.25, -0.2) is 23.7 Å². The number of rotatable bonds is 8. The second-order valence-corrected chi connectivity index (χ2v) is 11.0. The van der Waals surface area contributed by atoms with Gasteiger partial charge in [-0.05, 0) is 24.6 Å². The third-order valence-corrected chi connectivity index (χ3v) is 7.78. The maximum atomic E-state index is 14.3. The molecule has 0 bridgehead atoms. The van der Waals surface area contributed by atoms with Gasteiger partial charge in [0, 0.05) is 51.7 Å². The van der Waals surface area contributed by atoms with Crippen molar-refractivity contribution in [3.63, 3.8) is 0 Å². The number of methoxy groups -OCH3 is 1. The second-order valence-electron chi connectivity index (χ2n) is 11.0. The van der Waals surface area contributed by atoms with Crippen LogP contribution < -0.4 is 15.5 Å². The van der Waals surface area contributed by atoms with Crippen LogP contribution in [-0.2, 0) is 31.8 Å². The number of halogens is 4. The van der Waals surface area contributed by atoms with Crippen LogP contribution in [0.1, 0.15) is 18.1 Å². The molecule has 2 N–H and O–H groups in total. The zero-order valence-corrected chi connectivity index (χ0v) is 25.6. The van der Waals surface area contributed by atoms with E-state index in [1.807, 2.05) is 17.9 Å². The minimum absolute atomic E-state index is 0.126. The van der Waals surface area contributed by atoms with Crippen LogP contribution >= 0.6 is 0 Å². The third kappa shape index (κ3) is 7.76. The van der Waals surface area contributed by atoms with Crippen LogP contribution in [0.5, 0.6) is 0 Å². The number of morpholine rings is 1. The van der Waals surface area contributed by atoms with Crippen molar-refractivity contribution in [1.29, 1.82) is 0 Å². The Morgan fingerprint density at radius 3 is 2.55 bits per heavy atom. The molecule has 3 aromatic heterocycles. The Labute approximate surface area is 266 Å². The van der Waals surface area contributed by atoms with Crippen LogP contribution in [0.15, 0.2) is 36.9 Å². The molecule has 2 aliphatic rings. The Morgan fingerprint density at radius 1 is 1.15 bits per heavy atom. The number of anilines is 2. The van der Waals surface area contributed by atoms with Gasteiger partial charge in [-0.2, -0.15) is 13.2 Å². The van der Waals surface area contributed by atoms with E-state index < -0.39 is 29.6 Å². The van der Waals surface area contributed by atoms with E-state index in [1.165, 1.54) is 4.52 Å². The topological polar surface area (TPSA) is 147 Å². The van der Waals surface area contributed by atoms with Crippen molar-refractivity contribution >= 4 is 35.1 Å². The number of carbonyl (C=O) groups is 3. The van der Waals surface area contributed by atoms with Gasteiger partial charge in [-0.1, -0.05) is 6.58 Å². The molecule has 3 amide bonds. The summed E-state index contributed by atoms with van der Waals surface area (Å²) >= 11 is 0. The predicted molar refractivity (Wildman–Crippen MR) is 160 cm³/mol. The van der Waals surface area contributed by atoms with E-state index in [-0.39, 0.29) is 35.7 Å². The molecule has 5 rings (SSSR count). The quantitative estimate of drug-likeness (QED) is 0.272. The van der Waals surface area contributed by atoms with Gasteiger partial charge in [-0.15, -0.1) is 5.10 Å². The molecule has 2 aliphatic heterocycles. The summed E-state index contributed by atoms with van der Waals surface area (Å²) in [6.07, 6.45) is -3.11. The molecule has 5 heterocycles. The largest absolute Gasteiger partial charge is 0.453 e. The van der Waals surface area contributed by atoms with Gasteiger partial charge in [0.15, 0.2) is 17.5 Å². The van der Waals surface area contributed by atoms with E-state index in [4.69, 9.17) is 4.74 Å². The first kappa shape index (κ1) is 33.5. The first-order valence-electron chi connectivity index (χ1n) is 14.6. The zero-order chi connectivity index (χ0) is 33.9. The summed E-state index contributed by atoms with van der Waals surface area (Å²) in [6, 6.07) is 2.46. The molecule has 14 nitrogen and oxygen atoms in total. The van der Waals surface area contributed by atoms with Crippen LogP contribution in [0, 0.1) is 0 Å². The number of amides is 3. The van der Waals surface area contributed by atoms with Crippen molar-refractivity contribution in [3.8, 4) is 11.4 Å². The van der Waals surface area contributed by atoms with E-state index in [9.17, 15) is 31.9 Å². The molecule has 2 saturated heterocycles. The van der Waals surface area contributed by atoms with Crippen molar-refractivity contribution < 1.29 is 41.4 Å². The first-order valence-corrected chi connectivity index (χ1v) is 14.6. The maximum absolute atomic E-state index is 14.3. The number of pyridine rings is 1. The molecule has 47 heavy (non-hydrogen) atoms. The van der Waals surface area contributed by atoms with Gasteiger partial charge in [0.2, 0.25) is 5.91 Å². The number of alkyl halides is 3. The van der Waals surface area contributed by atoms with Crippen molar-refractivity contribution in [2.24, 2.45) is 0 Å². The van der Waals surface area contributed by atoms with E-state index >= 15 is 0 Å². The van der Waals surface area contributed by atoms with Crippen LogP contribution in [0.3, 0.4) is 0 Å². The summed E-state index contributed by atoms with van der Waals surface area (Å²) in [6.45, 7) is 8.00. The SMILES string of the molecule is C=C(F)C(=O)NCC(=O)N1CCN(Cc2cc3c(N4CCOC[C@@H]4C)nc(-c4cnc(NC(=O)OC)cc4C(F)(F)F)nn3c2)CC1. The Bertz CT molecular complexity index is 1670. The fourth-order valence-electron chi connectivity index (χ4n) is 5.36. The Hall–Kier alpha value is -4.84. The van der Waals surface area contributed by atoms with Crippen LogP contribution in [-0.4, -0.2) is 113 Å². The van der Waals surface area contributed by atoms with Crippen LogP contribution in [0.2, 0.25) is 0 Å². The molecule has 1 atom stereocenters. The highest BCUT2D eigenvalue weighted by atomic mass is 19.4. The highest BCUT2D eigenvalue weighted by Crippen LogP contribution is 2.38. The molecular weight excluding hydrogens is 630 g/mol. The van der Waals surface area contributed by atoms with Crippen LogP contribution in [0.25, 0.3) is 16.9 Å². The van der Waals surface area contributed by atoms with Gasteiger partial charge in [0.05, 0.1) is 44.0 Å². The molecule has 0 aromatic carbocycles. The number of hydrogen-bond acceptors (Lipinski definition) is 10. The number of aromatic nitrogens is 4. The lowest BCUT2D eigenvalue weighted by atomic mass is 10.1. The number of piperazine rings is 1. The van der Waals surface area contributed by atoms with Crippen molar-refractivity contribution in [2.45, 2.75) is 25.7 Å². The summed E-state index contributed by atoms with van der Waals surface area (Å²) in [5.74, 6) is -2.69. The van der Waals surface area contributed by atoms with Gasteiger partial charge in [-0.3, -0.25) is 19.8 Å². The molecule has 3 aromatic rings. The normalized spacial score (nSPS) is 17.4. The van der Waals surface area contributed by atoms with E-state index in [0.29, 0.717) is 69.9 Å². The summed E-state index contributed by atoms with van der Waals surface area (Å²) in [4.78, 5) is 49.7. The molecule has 0 spiro atoms. The highest BCUT2D eigenvalue weighted by molar-refractivity contribution is 5.93. The van der Waals surface area contributed by atoms with Crippen molar-refractivity contribution in [1.82, 2.24) is 34.7 Å². The fraction of sp³-hybridized carbons (Fsp3) is 0.448. The molecule has 0 aliphatic carbocycles. The minimum Gasteiger partial charge on any atom is -0.453 e. The second kappa shape index (κ2) is 13.9. The zero-order valence-electron chi connectivity index (χ0n) is 25.6. The van der Waals surface area contributed by atoms with E-state index in [2.05, 4.69) is 41.9 Å². The molecule has 0 radical (unpaired) electrons. The fourth-order valence-corrected chi connectivity index (χ4v) is 5.36. The lowest BCUT2D eigenvalue weighted by Gasteiger charge is -2.34. The summed E-state index contributed by atoms with van der Waals surface area (Å²) in [7, 11) is 1.08. The van der Waals surface area contributed by atoms with E-state index in [1.54, 1.807) is 11.1 Å². The van der Waals surface area contributed by atoms with Crippen molar-refractivity contribution in [3.05, 3.63) is 48.1 Å². The molecule has 18 heteroatoms. The monoisotopic (exact) mass is 663 g/mol. The van der Waals surface area contributed by atoms with Crippen LogP contribution in [0.4, 0.5) is 34.0 Å². The lowest BCUT2D eigenvalue weighted by Crippen LogP contribution is -2.50. The summed E-state index contributed by atoms with van der Waals surface area (Å²) in [5, 5.41) is 8.79. The first-order chi connectivity index (χ1) is 22.3. The summed E-state index contributed by atoms with van der Waals surface area (Å²) < 4.78 is 67.3. The summed E-state index contributed by atoms with van der Waals surface area (Å²) in [5.41, 5.74) is -0.0610. The number of fused-ring (bicyclic) bond motifs is 1. The maximum Gasteiger partial charge on any atom is 0.417 e. The molecule has 2 fully saturated rings. The number of ether oxygens (including phenoxy) is 2. The molecule has 0 unspecified atom stereocenters. The van der Waals surface area contributed by atoms with E-state index in [0.717, 1.165) is 18.9 Å². The Balaban J connectivity index is 1.42. The number of hydrogen-bond donors (Lipinski definition) is 2. The minimum atomic E-state index is -4.83. The lowest BCUT2D eigenvalue weighted by molar-refractivity contribution is -0.137. The predicted octanol–water partition coefficient (Wildman–Crippen LogP) is 2.46. The number of nitrogens with zero attached hydrogens (tertiary/aromatic N) is 7. The van der Waals surface area contributed by atoms with Gasteiger partial charge in [0.25, 0.3) is 5.91 Å². The average molecular weight is 664 g/mol. The Morgan fingerprint density at radius 2 is 1.89 bits per heavy atom. The molecule has 252 valence electrons. The highest BCUT2D eigenvalue weighted by Gasteiger charge is 2.36. The van der Waals surface area contributed by atoms with Crippen molar-refractivity contribution in [2.75, 3.05) is 69.8 Å². The average Bonchev–Trinajstić information content (AvgIpc) is 3.45. The van der Waals surface area contributed by atoms with Gasteiger partial charge < -0.3 is 24.6 Å². The van der Waals surface area contributed by atoms with Gasteiger partial charge in [0.1, 0.15) is 11.3 Å². The van der Waals surface area contributed by atoms with Gasteiger partial charge >= 0.3 is 12.3 Å². The smallest absolute Gasteiger partial charge is 0.417 e. The number of carbonyl (C=O) groups excluding carboxylic acids is 3. The molecule has 0 saturated carbocycles.